The predicted octanol–water partition coefficient (Wildman–Crippen LogP) is 4.24. The van der Waals surface area contributed by atoms with Gasteiger partial charge in [-0.05, 0) is 23.1 Å². The molecule has 0 aliphatic rings. The second kappa shape index (κ2) is 9.45. The normalized spacial score (nSPS) is 11.5. The van der Waals surface area contributed by atoms with E-state index in [0.29, 0.717) is 18.5 Å². The van der Waals surface area contributed by atoms with Gasteiger partial charge in [0.05, 0.1) is 10.7 Å². The maximum absolute atomic E-state index is 12.4. The molecule has 0 radical (unpaired) electrons. The van der Waals surface area contributed by atoms with E-state index in [4.69, 9.17) is 0 Å². The molecule has 29 heavy (non-hydrogen) atoms. The summed E-state index contributed by atoms with van der Waals surface area (Å²) < 4.78 is 27.5. The summed E-state index contributed by atoms with van der Waals surface area (Å²) in [6, 6.07) is 25.6. The lowest BCUT2D eigenvalue weighted by Gasteiger charge is -2.18. The quantitative estimate of drug-likeness (QED) is 0.422. The van der Waals surface area contributed by atoms with Crippen LogP contribution in [0.3, 0.4) is 0 Å². The van der Waals surface area contributed by atoms with Crippen LogP contribution >= 0.6 is 0 Å². The number of non-ortho nitro benzene ring substituents is 1. The molecule has 7 heteroatoms. The van der Waals surface area contributed by atoms with Crippen LogP contribution in [0.25, 0.3) is 0 Å². The molecule has 0 fully saturated rings. The second-order valence-electron chi connectivity index (χ2n) is 6.74. The van der Waals surface area contributed by atoms with E-state index < -0.39 is 14.9 Å². The number of nitro benzene ring substituents is 1. The number of hydrogen-bond acceptors (Lipinski definition) is 4. The Bertz CT molecular complexity index is 998. The molecule has 3 rings (SSSR count). The summed E-state index contributed by atoms with van der Waals surface area (Å²) in [6.07, 6.45) is 0.619. The van der Waals surface area contributed by atoms with Crippen LogP contribution in [-0.4, -0.2) is 19.9 Å². The van der Waals surface area contributed by atoms with Gasteiger partial charge < -0.3 is 0 Å². The Morgan fingerprint density at radius 1 is 0.828 bits per heavy atom. The largest absolute Gasteiger partial charge is 0.269 e. The zero-order chi connectivity index (χ0) is 20.7. The fourth-order valence-electron chi connectivity index (χ4n) is 3.24. The molecule has 0 amide bonds. The lowest BCUT2D eigenvalue weighted by molar-refractivity contribution is -0.384. The van der Waals surface area contributed by atoms with E-state index in [0.717, 1.165) is 11.1 Å². The van der Waals surface area contributed by atoms with E-state index >= 15 is 0 Å². The molecule has 150 valence electrons. The maximum Gasteiger partial charge on any atom is 0.269 e. The Morgan fingerprint density at radius 3 is 1.83 bits per heavy atom. The van der Waals surface area contributed by atoms with Crippen molar-refractivity contribution in [1.82, 2.24) is 4.72 Å². The molecule has 0 aliphatic heterocycles. The smallest absolute Gasteiger partial charge is 0.258 e. The van der Waals surface area contributed by atoms with Crippen molar-refractivity contribution >= 4 is 15.7 Å². The van der Waals surface area contributed by atoms with Crippen molar-refractivity contribution in [3.8, 4) is 0 Å². The number of nitrogens with zero attached hydrogens (tertiary/aromatic N) is 1. The van der Waals surface area contributed by atoms with Gasteiger partial charge in [0.2, 0.25) is 10.0 Å². The molecule has 0 heterocycles. The van der Waals surface area contributed by atoms with Crippen molar-refractivity contribution < 1.29 is 13.3 Å². The van der Waals surface area contributed by atoms with Crippen LogP contribution < -0.4 is 4.72 Å². The summed E-state index contributed by atoms with van der Waals surface area (Å²) in [5, 5.41) is 10.7. The molecule has 0 aromatic heterocycles. The fraction of sp³-hybridized carbons (Fsp3) is 0.182. The van der Waals surface area contributed by atoms with Gasteiger partial charge in [0.15, 0.2) is 0 Å². The minimum Gasteiger partial charge on any atom is -0.258 e. The number of nitro groups is 1. The average Bonchev–Trinajstić information content (AvgIpc) is 2.72. The highest BCUT2D eigenvalue weighted by Gasteiger charge is 2.17. The predicted molar refractivity (Wildman–Crippen MR) is 113 cm³/mol. The van der Waals surface area contributed by atoms with E-state index in [9.17, 15) is 18.5 Å². The van der Waals surface area contributed by atoms with E-state index in [1.807, 2.05) is 60.7 Å². The van der Waals surface area contributed by atoms with Gasteiger partial charge in [-0.3, -0.25) is 10.1 Å². The second-order valence-corrected chi connectivity index (χ2v) is 8.55. The van der Waals surface area contributed by atoms with Gasteiger partial charge >= 0.3 is 0 Å². The maximum atomic E-state index is 12.4. The van der Waals surface area contributed by atoms with E-state index in [1.165, 1.54) is 24.3 Å². The summed E-state index contributed by atoms with van der Waals surface area (Å²) in [6.45, 7) is 0.295. The molecule has 3 aromatic rings. The summed E-state index contributed by atoms with van der Waals surface area (Å²) in [4.78, 5) is 10.2. The topological polar surface area (TPSA) is 89.3 Å². The molecular formula is C22H22N2O4S. The van der Waals surface area contributed by atoms with Gasteiger partial charge in [-0.1, -0.05) is 72.8 Å². The lowest BCUT2D eigenvalue weighted by Crippen LogP contribution is -2.27. The van der Waals surface area contributed by atoms with E-state index in [2.05, 4.69) is 4.72 Å². The minimum absolute atomic E-state index is 0.0623. The van der Waals surface area contributed by atoms with Crippen molar-refractivity contribution in [2.24, 2.45) is 0 Å². The molecule has 0 bridgehead atoms. The zero-order valence-electron chi connectivity index (χ0n) is 15.8. The Labute approximate surface area is 170 Å². The third kappa shape index (κ3) is 5.97. The highest BCUT2D eigenvalue weighted by molar-refractivity contribution is 7.88. The number of nitrogens with one attached hydrogen (secondary N) is 1. The first-order valence-electron chi connectivity index (χ1n) is 9.25. The molecule has 0 atom stereocenters. The monoisotopic (exact) mass is 410 g/mol. The van der Waals surface area contributed by atoms with Crippen LogP contribution in [0.1, 0.15) is 29.0 Å². The van der Waals surface area contributed by atoms with Crippen LogP contribution in [0.4, 0.5) is 5.69 Å². The van der Waals surface area contributed by atoms with Crippen molar-refractivity contribution in [2.75, 3.05) is 6.54 Å². The van der Waals surface area contributed by atoms with Crippen LogP contribution in [-0.2, 0) is 15.8 Å². The van der Waals surface area contributed by atoms with Crippen LogP contribution in [0, 0.1) is 10.1 Å². The molecule has 0 spiro atoms. The van der Waals surface area contributed by atoms with Crippen molar-refractivity contribution in [3.63, 3.8) is 0 Å². The summed E-state index contributed by atoms with van der Waals surface area (Å²) in [5.41, 5.74) is 2.71. The molecule has 0 unspecified atom stereocenters. The number of sulfonamides is 1. The molecule has 6 nitrogen and oxygen atoms in total. The van der Waals surface area contributed by atoms with Crippen LogP contribution in [0.15, 0.2) is 84.9 Å². The molecule has 0 saturated heterocycles. The van der Waals surface area contributed by atoms with Crippen LogP contribution in [0.2, 0.25) is 0 Å². The average molecular weight is 410 g/mol. The highest BCUT2D eigenvalue weighted by Crippen LogP contribution is 2.27. The van der Waals surface area contributed by atoms with Gasteiger partial charge in [-0.25, -0.2) is 13.1 Å². The summed E-state index contributed by atoms with van der Waals surface area (Å²) in [7, 11) is -3.55. The Balaban J connectivity index is 1.64. The minimum atomic E-state index is -3.55. The van der Waals surface area contributed by atoms with Gasteiger partial charge in [0.25, 0.3) is 5.69 Å². The fourth-order valence-corrected chi connectivity index (χ4v) is 4.40. The van der Waals surface area contributed by atoms with Gasteiger partial charge in [0.1, 0.15) is 0 Å². The van der Waals surface area contributed by atoms with Crippen molar-refractivity contribution in [2.45, 2.75) is 18.1 Å². The standard InChI is InChI=1S/C22H22N2O4S/c25-24(26)21-13-11-18(12-14-21)17-29(27,28)23-16-15-22(19-7-3-1-4-8-19)20-9-5-2-6-10-20/h1-14,22-23H,15-17H2. The molecule has 1 N–H and O–H groups in total. The SMILES string of the molecule is O=[N+]([O-])c1ccc(CS(=O)(=O)NCCC(c2ccccc2)c2ccccc2)cc1. The van der Waals surface area contributed by atoms with Crippen molar-refractivity contribution in [3.05, 3.63) is 112 Å². The number of hydrogen-bond donors (Lipinski definition) is 1. The Hall–Kier alpha value is -3.03. The Morgan fingerprint density at radius 2 is 1.34 bits per heavy atom. The first-order valence-corrected chi connectivity index (χ1v) is 10.9. The van der Waals surface area contributed by atoms with Gasteiger partial charge in [0, 0.05) is 24.6 Å². The summed E-state index contributed by atoms with van der Waals surface area (Å²) >= 11 is 0. The van der Waals surface area contributed by atoms with Crippen molar-refractivity contribution in [1.29, 1.82) is 0 Å². The number of benzene rings is 3. The summed E-state index contributed by atoms with van der Waals surface area (Å²) in [5.74, 6) is -0.133. The molecule has 0 aliphatic carbocycles. The first kappa shape index (κ1) is 20.7. The van der Waals surface area contributed by atoms with Crippen LogP contribution in [0.5, 0.6) is 0 Å². The molecule has 0 saturated carbocycles. The molecule has 3 aromatic carbocycles. The Kier molecular flexibility index (Phi) is 6.74. The third-order valence-electron chi connectivity index (χ3n) is 4.66. The van der Waals surface area contributed by atoms with E-state index in [1.54, 1.807) is 0 Å². The highest BCUT2D eigenvalue weighted by atomic mass is 32.2. The molecular weight excluding hydrogens is 388 g/mol. The van der Waals surface area contributed by atoms with E-state index in [-0.39, 0.29) is 17.4 Å². The lowest BCUT2D eigenvalue weighted by atomic mass is 9.89. The van der Waals surface area contributed by atoms with Gasteiger partial charge in [-0.2, -0.15) is 0 Å². The number of rotatable bonds is 9. The first-order chi connectivity index (χ1) is 13.9. The zero-order valence-corrected chi connectivity index (χ0v) is 16.6. The third-order valence-corrected chi connectivity index (χ3v) is 6.02. The van der Waals surface area contributed by atoms with Gasteiger partial charge in [-0.15, -0.1) is 0 Å².